The van der Waals surface area contributed by atoms with Gasteiger partial charge in [-0.25, -0.2) is 0 Å². The fourth-order valence-corrected chi connectivity index (χ4v) is 10.2. The molecule has 0 fully saturated rings. The molecule has 1 heterocycles. The lowest BCUT2D eigenvalue weighted by Crippen LogP contribution is -2.09. The summed E-state index contributed by atoms with van der Waals surface area (Å²) in [5.74, 6) is 0. The maximum Gasteiger partial charge on any atom is 0.143 e. The zero-order chi connectivity index (χ0) is 42.1. The van der Waals surface area contributed by atoms with Crippen LogP contribution in [0.3, 0.4) is 0 Å². The molecule has 64 heavy (non-hydrogen) atoms. The molecule has 0 radical (unpaired) electrons. The van der Waals surface area contributed by atoms with Crippen LogP contribution in [0.4, 0.5) is 17.1 Å². The Morgan fingerprint density at radius 2 is 0.641 bits per heavy atom. The summed E-state index contributed by atoms with van der Waals surface area (Å²) in [5, 5.41) is 14.7. The van der Waals surface area contributed by atoms with Crippen molar-refractivity contribution in [3.63, 3.8) is 0 Å². The van der Waals surface area contributed by atoms with Crippen molar-refractivity contribution in [1.82, 2.24) is 0 Å². The number of anilines is 3. The number of rotatable bonds is 6. The van der Waals surface area contributed by atoms with Gasteiger partial charge in [-0.15, -0.1) is 0 Å². The lowest BCUT2D eigenvalue weighted by atomic mass is 9.94. The molecule has 0 aliphatic heterocycles. The summed E-state index contributed by atoms with van der Waals surface area (Å²) < 4.78 is 6.57. The van der Waals surface area contributed by atoms with Crippen molar-refractivity contribution in [2.75, 3.05) is 4.90 Å². The van der Waals surface area contributed by atoms with E-state index in [2.05, 4.69) is 241 Å². The molecular formula is C62H39NO. The van der Waals surface area contributed by atoms with Crippen molar-refractivity contribution in [2.24, 2.45) is 0 Å². The zero-order valence-corrected chi connectivity index (χ0v) is 34.9. The second-order valence-electron chi connectivity index (χ2n) is 16.8. The SMILES string of the molecule is c1ccc2c(c1)ccc1c(-c3ccc(N(c4ccc(-c5cccc6c5ccc5ccccc56)cc4)c4ccc(-c5cccc6oc7c8ccccc8ccc7c56)cc4)cc3)cccc12. The molecule has 298 valence electrons. The third-order valence-corrected chi connectivity index (χ3v) is 13.3. The summed E-state index contributed by atoms with van der Waals surface area (Å²) in [4.78, 5) is 2.37. The smallest absolute Gasteiger partial charge is 0.143 e. The largest absolute Gasteiger partial charge is 0.455 e. The van der Waals surface area contributed by atoms with Gasteiger partial charge >= 0.3 is 0 Å². The maximum atomic E-state index is 6.57. The van der Waals surface area contributed by atoms with Crippen LogP contribution in [0.15, 0.2) is 241 Å². The minimum Gasteiger partial charge on any atom is -0.455 e. The van der Waals surface area contributed by atoms with Gasteiger partial charge in [-0.05, 0) is 130 Å². The Balaban J connectivity index is 0.919. The average molecular weight is 814 g/mol. The molecule has 13 rings (SSSR count). The van der Waals surface area contributed by atoms with E-state index in [9.17, 15) is 0 Å². The van der Waals surface area contributed by atoms with Gasteiger partial charge in [-0.1, -0.05) is 188 Å². The van der Waals surface area contributed by atoms with Crippen LogP contribution in [0.2, 0.25) is 0 Å². The molecule has 0 saturated carbocycles. The first-order valence-electron chi connectivity index (χ1n) is 22.0. The van der Waals surface area contributed by atoms with E-state index in [0.717, 1.165) is 55.5 Å². The standard InChI is InChI=1S/C62H39NO/c1-4-13-49-40(10-1)28-37-57-51(16-7-19-55(49)57)43-22-31-46(32-23-43)63(47-33-24-44(25-34-47)52-17-8-20-56-50-14-5-2-11-41(50)29-38-58(52)56)48-35-26-45(27-36-48)53-18-9-21-60-61(53)59-39-30-42-12-3-6-15-54(42)62(59)64-60/h1-39H. The van der Waals surface area contributed by atoms with Gasteiger partial charge in [-0.3, -0.25) is 0 Å². The second kappa shape index (κ2) is 14.6. The van der Waals surface area contributed by atoms with E-state index in [0.29, 0.717) is 0 Å². The Morgan fingerprint density at radius 1 is 0.250 bits per heavy atom. The highest BCUT2D eigenvalue weighted by atomic mass is 16.3. The van der Waals surface area contributed by atoms with Crippen LogP contribution in [0.1, 0.15) is 0 Å². The molecule has 0 unspecified atom stereocenters. The Bertz CT molecular complexity index is 3770. The highest BCUT2D eigenvalue weighted by molar-refractivity contribution is 6.19. The lowest BCUT2D eigenvalue weighted by Gasteiger charge is -2.26. The molecule has 2 nitrogen and oxygen atoms in total. The van der Waals surface area contributed by atoms with Gasteiger partial charge < -0.3 is 9.32 Å². The van der Waals surface area contributed by atoms with Crippen molar-refractivity contribution in [3.8, 4) is 33.4 Å². The van der Waals surface area contributed by atoms with E-state index in [1.807, 2.05) is 0 Å². The first-order chi connectivity index (χ1) is 31.7. The van der Waals surface area contributed by atoms with Gasteiger partial charge in [0.1, 0.15) is 11.2 Å². The minimum absolute atomic E-state index is 0.897. The summed E-state index contributed by atoms with van der Waals surface area (Å²) in [6.45, 7) is 0. The summed E-state index contributed by atoms with van der Waals surface area (Å²) in [6.07, 6.45) is 0. The van der Waals surface area contributed by atoms with E-state index in [1.165, 1.54) is 70.7 Å². The van der Waals surface area contributed by atoms with Crippen molar-refractivity contribution in [1.29, 1.82) is 0 Å². The van der Waals surface area contributed by atoms with Crippen LogP contribution in [-0.2, 0) is 0 Å². The molecule has 2 heteroatoms. The molecule has 13 aromatic rings. The third kappa shape index (κ3) is 5.81. The number of benzene rings is 12. The third-order valence-electron chi connectivity index (χ3n) is 13.3. The number of nitrogens with zero attached hydrogens (tertiary/aromatic N) is 1. The van der Waals surface area contributed by atoms with Gasteiger partial charge in [0.2, 0.25) is 0 Å². The normalized spacial score (nSPS) is 11.8. The quantitative estimate of drug-likeness (QED) is 0.156. The van der Waals surface area contributed by atoms with E-state index in [1.54, 1.807) is 0 Å². The summed E-state index contributed by atoms with van der Waals surface area (Å²) in [5.41, 5.74) is 12.2. The van der Waals surface area contributed by atoms with E-state index < -0.39 is 0 Å². The fourth-order valence-electron chi connectivity index (χ4n) is 10.2. The molecule has 0 N–H and O–H groups in total. The Kier molecular flexibility index (Phi) is 8.25. The first kappa shape index (κ1) is 36.2. The highest BCUT2D eigenvalue weighted by Gasteiger charge is 2.18. The zero-order valence-electron chi connectivity index (χ0n) is 34.9. The topological polar surface area (TPSA) is 16.4 Å². The highest BCUT2D eigenvalue weighted by Crippen LogP contribution is 2.43. The molecule has 0 amide bonds. The fraction of sp³-hybridized carbons (Fsp3) is 0. The van der Waals surface area contributed by atoms with Crippen molar-refractivity contribution in [2.45, 2.75) is 0 Å². The molecule has 0 aliphatic carbocycles. The van der Waals surface area contributed by atoms with Crippen LogP contribution in [-0.4, -0.2) is 0 Å². The minimum atomic E-state index is 0.897. The number of furan rings is 1. The van der Waals surface area contributed by atoms with Crippen LogP contribution in [0, 0.1) is 0 Å². The maximum absolute atomic E-state index is 6.57. The summed E-state index contributed by atoms with van der Waals surface area (Å²) >= 11 is 0. The van der Waals surface area contributed by atoms with Crippen molar-refractivity contribution >= 4 is 92.9 Å². The molecule has 0 atom stereocenters. The van der Waals surface area contributed by atoms with Crippen LogP contribution >= 0.6 is 0 Å². The van der Waals surface area contributed by atoms with Crippen LogP contribution in [0.25, 0.3) is 109 Å². The monoisotopic (exact) mass is 813 g/mol. The van der Waals surface area contributed by atoms with Gasteiger partial charge in [0.05, 0.1) is 0 Å². The van der Waals surface area contributed by atoms with Crippen LogP contribution in [0.5, 0.6) is 0 Å². The number of hydrogen-bond acceptors (Lipinski definition) is 2. The van der Waals surface area contributed by atoms with E-state index in [4.69, 9.17) is 4.42 Å². The molecule has 0 bridgehead atoms. The predicted octanol–water partition coefficient (Wildman–Crippen LogP) is 17.8. The summed E-state index contributed by atoms with van der Waals surface area (Å²) in [6, 6.07) is 86.0. The predicted molar refractivity (Wildman–Crippen MR) is 272 cm³/mol. The number of hydrogen-bond donors (Lipinski definition) is 0. The van der Waals surface area contributed by atoms with Gasteiger partial charge in [0.25, 0.3) is 0 Å². The van der Waals surface area contributed by atoms with E-state index in [-0.39, 0.29) is 0 Å². The van der Waals surface area contributed by atoms with Crippen molar-refractivity contribution < 1.29 is 4.42 Å². The number of fused-ring (bicyclic) bond motifs is 11. The molecule has 1 aromatic heterocycles. The lowest BCUT2D eigenvalue weighted by molar-refractivity contribution is 0.673. The van der Waals surface area contributed by atoms with Gasteiger partial charge in [-0.2, -0.15) is 0 Å². The van der Waals surface area contributed by atoms with Gasteiger partial charge in [0.15, 0.2) is 0 Å². The molecule has 0 saturated heterocycles. The first-order valence-corrected chi connectivity index (χ1v) is 22.0. The van der Waals surface area contributed by atoms with E-state index >= 15 is 0 Å². The molecule has 12 aromatic carbocycles. The molecular weight excluding hydrogens is 775 g/mol. The average Bonchev–Trinajstić information content (AvgIpc) is 3.76. The molecule has 0 aliphatic rings. The van der Waals surface area contributed by atoms with Crippen molar-refractivity contribution in [3.05, 3.63) is 237 Å². The Hall–Kier alpha value is -8.46. The Labute approximate surface area is 370 Å². The molecule has 0 spiro atoms. The second-order valence-corrected chi connectivity index (χ2v) is 16.8. The Morgan fingerprint density at radius 3 is 1.16 bits per heavy atom. The van der Waals surface area contributed by atoms with Gasteiger partial charge in [0, 0.05) is 33.2 Å². The summed E-state index contributed by atoms with van der Waals surface area (Å²) in [7, 11) is 0. The van der Waals surface area contributed by atoms with Crippen LogP contribution < -0.4 is 4.90 Å².